The standard InChI is InChI=1S/C27H50N2O6/c1-20-16-21(17-25(2,3)28(20)32)34-23(30)14-12-10-8-9-11-13-15-24(31)35-22-18-26(4,5)29(33)27(6,7)19-22/h20-22,32-33H,8-19H2,1-7H3. The topological polar surface area (TPSA) is 99.5 Å². The summed E-state index contributed by atoms with van der Waals surface area (Å²) in [5.41, 5.74) is -1.24. The van der Waals surface area contributed by atoms with E-state index < -0.39 is 11.1 Å². The highest BCUT2D eigenvalue weighted by Crippen LogP contribution is 2.38. The number of esters is 2. The highest BCUT2D eigenvalue weighted by Gasteiger charge is 2.46. The van der Waals surface area contributed by atoms with Gasteiger partial charge in [-0.15, -0.1) is 0 Å². The normalized spacial score (nSPS) is 26.9. The van der Waals surface area contributed by atoms with Gasteiger partial charge in [0.1, 0.15) is 12.2 Å². The molecular weight excluding hydrogens is 448 g/mol. The molecule has 2 saturated heterocycles. The molecule has 0 aromatic rings. The first-order valence-electron chi connectivity index (χ1n) is 13.5. The van der Waals surface area contributed by atoms with Crippen molar-refractivity contribution in [1.29, 1.82) is 0 Å². The average Bonchev–Trinajstić information content (AvgIpc) is 2.71. The fourth-order valence-electron chi connectivity index (χ4n) is 5.90. The summed E-state index contributed by atoms with van der Waals surface area (Å²) < 4.78 is 11.4. The summed E-state index contributed by atoms with van der Waals surface area (Å²) in [7, 11) is 0. The molecule has 2 atom stereocenters. The lowest BCUT2D eigenvalue weighted by molar-refractivity contribution is -0.259. The molecule has 0 aliphatic carbocycles. The zero-order chi connectivity index (χ0) is 26.4. The van der Waals surface area contributed by atoms with Crippen LogP contribution < -0.4 is 0 Å². The smallest absolute Gasteiger partial charge is 0.306 e. The Morgan fingerprint density at radius 1 is 0.714 bits per heavy atom. The number of hydroxylamine groups is 4. The van der Waals surface area contributed by atoms with E-state index in [9.17, 15) is 20.0 Å². The summed E-state index contributed by atoms with van der Waals surface area (Å²) in [6, 6.07) is -0.0268. The van der Waals surface area contributed by atoms with Gasteiger partial charge >= 0.3 is 11.9 Å². The zero-order valence-corrected chi connectivity index (χ0v) is 23.1. The molecule has 8 nitrogen and oxygen atoms in total. The first-order valence-corrected chi connectivity index (χ1v) is 13.5. The molecule has 2 fully saturated rings. The van der Waals surface area contributed by atoms with Crippen LogP contribution in [-0.4, -0.2) is 67.3 Å². The van der Waals surface area contributed by atoms with Gasteiger partial charge in [-0.1, -0.05) is 25.7 Å². The molecule has 0 aromatic carbocycles. The molecule has 204 valence electrons. The summed E-state index contributed by atoms with van der Waals surface area (Å²) in [4.78, 5) is 24.5. The molecule has 0 spiro atoms. The number of carbonyl (C=O) groups is 2. The van der Waals surface area contributed by atoms with Gasteiger partial charge in [0.15, 0.2) is 0 Å². The molecule has 2 aliphatic rings. The molecule has 2 rings (SSSR count). The van der Waals surface area contributed by atoms with Crippen molar-refractivity contribution >= 4 is 11.9 Å². The Labute approximate surface area is 212 Å². The number of carbonyl (C=O) groups excluding carboxylic acids is 2. The van der Waals surface area contributed by atoms with Crippen molar-refractivity contribution in [2.75, 3.05) is 0 Å². The zero-order valence-electron chi connectivity index (χ0n) is 23.1. The van der Waals surface area contributed by atoms with Crippen LogP contribution in [0.4, 0.5) is 0 Å². The highest BCUT2D eigenvalue weighted by molar-refractivity contribution is 5.69. The third-order valence-corrected chi connectivity index (χ3v) is 7.58. The molecule has 0 radical (unpaired) electrons. The summed E-state index contributed by atoms with van der Waals surface area (Å²) in [5, 5.41) is 23.3. The number of rotatable bonds is 11. The van der Waals surface area contributed by atoms with Crippen LogP contribution >= 0.6 is 0 Å². The maximum Gasteiger partial charge on any atom is 0.306 e. The third-order valence-electron chi connectivity index (χ3n) is 7.58. The number of hydrogen-bond donors (Lipinski definition) is 2. The van der Waals surface area contributed by atoms with E-state index in [-0.39, 0.29) is 35.7 Å². The van der Waals surface area contributed by atoms with Crippen LogP contribution in [0.1, 0.15) is 126 Å². The minimum atomic E-state index is -0.425. The fourth-order valence-corrected chi connectivity index (χ4v) is 5.90. The summed E-state index contributed by atoms with van der Waals surface area (Å²) in [6.45, 7) is 13.7. The van der Waals surface area contributed by atoms with Crippen molar-refractivity contribution < 1.29 is 29.5 Å². The SMILES string of the molecule is CC1CC(OC(=O)CCCCCCCCC(=O)OC2CC(C)(C)N(O)C(C)(C)C2)CC(C)(C)N1O. The molecule has 0 aromatic heterocycles. The van der Waals surface area contributed by atoms with Crippen LogP contribution in [0.5, 0.6) is 0 Å². The van der Waals surface area contributed by atoms with Crippen molar-refractivity contribution in [1.82, 2.24) is 10.1 Å². The predicted octanol–water partition coefficient (Wildman–Crippen LogP) is 5.63. The molecular formula is C27H50N2O6. The number of piperidine rings is 2. The Bertz CT molecular complexity index is 690. The van der Waals surface area contributed by atoms with Crippen LogP contribution in [0.15, 0.2) is 0 Å². The van der Waals surface area contributed by atoms with Gasteiger partial charge in [0.25, 0.3) is 0 Å². The van der Waals surface area contributed by atoms with Crippen LogP contribution in [0.2, 0.25) is 0 Å². The van der Waals surface area contributed by atoms with E-state index in [4.69, 9.17) is 9.47 Å². The van der Waals surface area contributed by atoms with E-state index in [2.05, 4.69) is 0 Å². The quantitative estimate of drug-likeness (QED) is 0.279. The van der Waals surface area contributed by atoms with Gasteiger partial charge in [-0.3, -0.25) is 9.59 Å². The highest BCUT2D eigenvalue weighted by atomic mass is 16.6. The van der Waals surface area contributed by atoms with Gasteiger partial charge < -0.3 is 19.9 Å². The molecule has 2 heterocycles. The fraction of sp³-hybridized carbons (Fsp3) is 0.926. The first-order chi connectivity index (χ1) is 16.1. The van der Waals surface area contributed by atoms with E-state index in [0.717, 1.165) is 38.5 Å². The van der Waals surface area contributed by atoms with Crippen molar-refractivity contribution in [2.45, 2.75) is 160 Å². The molecule has 8 heteroatoms. The van der Waals surface area contributed by atoms with Crippen LogP contribution in [0, 0.1) is 0 Å². The van der Waals surface area contributed by atoms with Crippen molar-refractivity contribution in [3.8, 4) is 0 Å². The van der Waals surface area contributed by atoms with Gasteiger partial charge in [-0.05, 0) is 61.3 Å². The van der Waals surface area contributed by atoms with Crippen molar-refractivity contribution in [2.24, 2.45) is 0 Å². The third kappa shape index (κ3) is 8.99. The Morgan fingerprint density at radius 2 is 1.11 bits per heavy atom. The molecule has 2 unspecified atom stereocenters. The van der Waals surface area contributed by atoms with Crippen LogP contribution in [0.3, 0.4) is 0 Å². The minimum absolute atomic E-state index is 0.0268. The second-order valence-corrected chi connectivity index (χ2v) is 12.6. The lowest BCUT2D eigenvalue weighted by atomic mass is 9.80. The van der Waals surface area contributed by atoms with Gasteiger partial charge in [0.2, 0.25) is 0 Å². The van der Waals surface area contributed by atoms with Crippen molar-refractivity contribution in [3.63, 3.8) is 0 Å². The monoisotopic (exact) mass is 498 g/mol. The van der Waals surface area contributed by atoms with Gasteiger partial charge in [-0.25, -0.2) is 0 Å². The molecule has 0 amide bonds. The van der Waals surface area contributed by atoms with E-state index in [0.29, 0.717) is 38.5 Å². The summed E-state index contributed by atoms with van der Waals surface area (Å²) in [5.74, 6) is -0.300. The number of nitrogens with zero attached hydrogens (tertiary/aromatic N) is 2. The molecule has 0 saturated carbocycles. The van der Waals surface area contributed by atoms with Crippen molar-refractivity contribution in [3.05, 3.63) is 0 Å². The first kappa shape index (κ1) is 30.0. The Balaban J connectivity index is 1.52. The van der Waals surface area contributed by atoms with Gasteiger partial charge in [0, 0.05) is 61.2 Å². The van der Waals surface area contributed by atoms with Gasteiger partial charge in [0.05, 0.1) is 0 Å². The molecule has 2 N–H and O–H groups in total. The maximum absolute atomic E-state index is 12.3. The van der Waals surface area contributed by atoms with E-state index in [1.165, 1.54) is 10.1 Å². The van der Waals surface area contributed by atoms with E-state index in [1.807, 2.05) is 48.5 Å². The second kappa shape index (κ2) is 12.3. The Morgan fingerprint density at radius 3 is 1.57 bits per heavy atom. The molecule has 0 bridgehead atoms. The largest absolute Gasteiger partial charge is 0.462 e. The predicted molar refractivity (Wildman–Crippen MR) is 134 cm³/mol. The maximum atomic E-state index is 12.3. The average molecular weight is 499 g/mol. The minimum Gasteiger partial charge on any atom is -0.462 e. The van der Waals surface area contributed by atoms with Crippen LogP contribution in [-0.2, 0) is 19.1 Å². The number of ether oxygens (including phenoxy) is 2. The Kier molecular flexibility index (Phi) is 10.6. The lowest BCUT2D eigenvalue weighted by Gasteiger charge is -2.50. The molecule has 2 aliphatic heterocycles. The number of hydrogen-bond acceptors (Lipinski definition) is 8. The summed E-state index contributed by atoms with van der Waals surface area (Å²) >= 11 is 0. The van der Waals surface area contributed by atoms with E-state index in [1.54, 1.807) is 0 Å². The van der Waals surface area contributed by atoms with E-state index >= 15 is 0 Å². The lowest BCUT2D eigenvalue weighted by Crippen LogP contribution is -2.60. The van der Waals surface area contributed by atoms with Gasteiger partial charge in [-0.2, -0.15) is 10.1 Å². The van der Waals surface area contributed by atoms with Crippen LogP contribution in [0.25, 0.3) is 0 Å². The molecule has 35 heavy (non-hydrogen) atoms. The Hall–Kier alpha value is -1.22. The summed E-state index contributed by atoms with van der Waals surface area (Å²) in [6.07, 6.45) is 8.73. The second-order valence-electron chi connectivity index (χ2n) is 12.6. The number of unbranched alkanes of at least 4 members (excludes halogenated alkanes) is 5.